The second kappa shape index (κ2) is 5.32. The predicted octanol–water partition coefficient (Wildman–Crippen LogP) is 1.29. The molecule has 0 aliphatic heterocycles. The summed E-state index contributed by atoms with van der Waals surface area (Å²) in [7, 11) is 0. The minimum absolute atomic E-state index is 0.0589. The van der Waals surface area contributed by atoms with Gasteiger partial charge >= 0.3 is 0 Å². The van der Waals surface area contributed by atoms with Gasteiger partial charge in [0.25, 0.3) is 0 Å². The smallest absolute Gasteiger partial charge is 0.223 e. The number of nitrogens with one attached hydrogen (secondary N) is 1. The molecule has 1 amide bonds. The van der Waals surface area contributed by atoms with Gasteiger partial charge in [0.1, 0.15) is 0 Å². The van der Waals surface area contributed by atoms with Gasteiger partial charge in [0, 0.05) is 12.5 Å². The molecule has 2 atom stereocenters. The van der Waals surface area contributed by atoms with Gasteiger partial charge in [-0.3, -0.25) is 4.79 Å². The Balaban J connectivity index is 1.95. The Morgan fingerprint density at radius 2 is 2.18 bits per heavy atom. The summed E-state index contributed by atoms with van der Waals surface area (Å²) in [4.78, 5) is 11.9. The summed E-state index contributed by atoms with van der Waals surface area (Å²) in [5.74, 6) is 0.129. The number of fused-ring (bicyclic) bond motifs is 1. The van der Waals surface area contributed by atoms with Gasteiger partial charge in [-0.25, -0.2) is 0 Å². The zero-order valence-electron chi connectivity index (χ0n) is 10.1. The Morgan fingerprint density at radius 1 is 1.47 bits per heavy atom. The maximum atomic E-state index is 11.9. The van der Waals surface area contributed by atoms with Crippen LogP contribution in [0.4, 0.5) is 0 Å². The molecular formula is C14H19NO2. The highest BCUT2D eigenvalue weighted by Crippen LogP contribution is 2.25. The molecule has 2 N–H and O–H groups in total. The highest BCUT2D eigenvalue weighted by Gasteiger charge is 2.24. The van der Waals surface area contributed by atoms with Crippen molar-refractivity contribution in [1.29, 1.82) is 0 Å². The lowest BCUT2D eigenvalue weighted by Crippen LogP contribution is -2.37. The first-order chi connectivity index (χ1) is 8.16. The van der Waals surface area contributed by atoms with Crippen LogP contribution in [0.1, 0.15) is 24.5 Å². The minimum atomic E-state index is -0.477. The van der Waals surface area contributed by atoms with Crippen molar-refractivity contribution in [2.45, 2.75) is 32.3 Å². The average Bonchev–Trinajstić information content (AvgIpc) is 2.35. The fourth-order valence-corrected chi connectivity index (χ4v) is 2.31. The first-order valence-electron chi connectivity index (χ1n) is 6.19. The van der Waals surface area contributed by atoms with Crippen LogP contribution in [-0.4, -0.2) is 23.7 Å². The summed E-state index contributed by atoms with van der Waals surface area (Å²) in [6.45, 7) is 2.02. The normalized spacial score (nSPS) is 20.5. The molecule has 0 radical (unpaired) electrons. The standard InChI is InChI=1S/C14H19NO2/c1-10(16)9-15-14(17)13-7-6-11-4-2-3-5-12(11)8-13/h2-5,10,13,16H,6-9H2,1H3,(H,15,17)/t10-,13?/m1/s1. The van der Waals surface area contributed by atoms with Crippen molar-refractivity contribution in [3.63, 3.8) is 0 Å². The highest BCUT2D eigenvalue weighted by molar-refractivity contribution is 5.79. The molecule has 0 saturated heterocycles. The molecule has 3 heteroatoms. The van der Waals surface area contributed by atoms with E-state index in [9.17, 15) is 4.79 Å². The molecular weight excluding hydrogens is 214 g/mol. The molecule has 1 aromatic rings. The number of aliphatic hydroxyl groups excluding tert-OH is 1. The number of carbonyl (C=O) groups excluding carboxylic acids is 1. The van der Waals surface area contributed by atoms with E-state index in [1.165, 1.54) is 11.1 Å². The zero-order chi connectivity index (χ0) is 12.3. The SMILES string of the molecule is C[C@@H](O)CNC(=O)C1CCc2ccccc2C1. The molecule has 3 nitrogen and oxygen atoms in total. The lowest BCUT2D eigenvalue weighted by atomic mass is 9.83. The van der Waals surface area contributed by atoms with Gasteiger partial charge in [-0.15, -0.1) is 0 Å². The molecule has 0 spiro atoms. The van der Waals surface area contributed by atoms with Crippen LogP contribution in [0.15, 0.2) is 24.3 Å². The van der Waals surface area contributed by atoms with Gasteiger partial charge in [0.15, 0.2) is 0 Å². The Hall–Kier alpha value is -1.35. The second-order valence-corrected chi connectivity index (χ2v) is 4.80. The summed E-state index contributed by atoms with van der Waals surface area (Å²) in [6, 6.07) is 8.31. The summed E-state index contributed by atoms with van der Waals surface area (Å²) in [6.07, 6.45) is 2.22. The number of hydrogen-bond donors (Lipinski definition) is 2. The fourth-order valence-electron chi connectivity index (χ4n) is 2.31. The molecule has 17 heavy (non-hydrogen) atoms. The molecule has 2 rings (SSSR count). The molecule has 0 saturated carbocycles. The Labute approximate surface area is 102 Å². The first-order valence-corrected chi connectivity index (χ1v) is 6.19. The topological polar surface area (TPSA) is 49.3 Å². The van der Waals surface area contributed by atoms with Crippen molar-refractivity contribution < 1.29 is 9.90 Å². The average molecular weight is 233 g/mol. The van der Waals surface area contributed by atoms with Crippen molar-refractivity contribution >= 4 is 5.91 Å². The maximum absolute atomic E-state index is 11.9. The third-order valence-corrected chi connectivity index (χ3v) is 3.29. The summed E-state index contributed by atoms with van der Waals surface area (Å²) in [5, 5.41) is 11.9. The molecule has 92 valence electrons. The monoisotopic (exact) mass is 233 g/mol. The van der Waals surface area contributed by atoms with Gasteiger partial charge < -0.3 is 10.4 Å². The first kappa shape index (κ1) is 12.1. The Morgan fingerprint density at radius 3 is 2.88 bits per heavy atom. The quantitative estimate of drug-likeness (QED) is 0.826. The Bertz CT molecular complexity index is 401. The van der Waals surface area contributed by atoms with Crippen molar-refractivity contribution in [1.82, 2.24) is 5.32 Å². The van der Waals surface area contributed by atoms with Crippen molar-refractivity contribution in [3.05, 3.63) is 35.4 Å². The van der Waals surface area contributed by atoms with Gasteiger partial charge in [-0.2, -0.15) is 0 Å². The minimum Gasteiger partial charge on any atom is -0.392 e. The summed E-state index contributed by atoms with van der Waals surface area (Å²) in [5.41, 5.74) is 2.66. The van der Waals surface area contributed by atoms with Gasteiger partial charge in [-0.1, -0.05) is 24.3 Å². The van der Waals surface area contributed by atoms with Gasteiger partial charge in [-0.05, 0) is 37.3 Å². The van der Waals surface area contributed by atoms with Crippen molar-refractivity contribution in [3.8, 4) is 0 Å². The molecule has 1 aliphatic rings. The number of carbonyl (C=O) groups is 1. The lowest BCUT2D eigenvalue weighted by molar-refractivity contribution is -0.125. The number of rotatable bonds is 3. The number of benzene rings is 1. The third-order valence-electron chi connectivity index (χ3n) is 3.29. The zero-order valence-corrected chi connectivity index (χ0v) is 10.1. The van der Waals surface area contributed by atoms with Crippen LogP contribution < -0.4 is 5.32 Å². The van der Waals surface area contributed by atoms with Crippen LogP contribution in [0.2, 0.25) is 0 Å². The van der Waals surface area contributed by atoms with Crippen molar-refractivity contribution in [2.24, 2.45) is 5.92 Å². The number of aliphatic hydroxyl groups is 1. The molecule has 0 aromatic heterocycles. The Kier molecular flexibility index (Phi) is 3.79. The van der Waals surface area contributed by atoms with E-state index >= 15 is 0 Å². The molecule has 1 aromatic carbocycles. The van der Waals surface area contributed by atoms with E-state index in [-0.39, 0.29) is 11.8 Å². The summed E-state index contributed by atoms with van der Waals surface area (Å²) < 4.78 is 0. The van der Waals surface area contributed by atoms with Gasteiger partial charge in [0.2, 0.25) is 5.91 Å². The largest absolute Gasteiger partial charge is 0.392 e. The van der Waals surface area contributed by atoms with E-state index in [0.29, 0.717) is 6.54 Å². The van der Waals surface area contributed by atoms with Crippen LogP contribution in [0, 0.1) is 5.92 Å². The van der Waals surface area contributed by atoms with Gasteiger partial charge in [0.05, 0.1) is 6.10 Å². The predicted molar refractivity (Wildman–Crippen MR) is 66.6 cm³/mol. The van der Waals surface area contributed by atoms with Crippen LogP contribution in [0.5, 0.6) is 0 Å². The molecule has 1 aliphatic carbocycles. The number of hydrogen-bond acceptors (Lipinski definition) is 2. The van der Waals surface area contributed by atoms with Crippen LogP contribution >= 0.6 is 0 Å². The molecule has 0 fully saturated rings. The van der Waals surface area contributed by atoms with Crippen LogP contribution in [0.25, 0.3) is 0 Å². The maximum Gasteiger partial charge on any atom is 0.223 e. The van der Waals surface area contributed by atoms with E-state index in [0.717, 1.165) is 19.3 Å². The van der Waals surface area contributed by atoms with E-state index < -0.39 is 6.10 Å². The van der Waals surface area contributed by atoms with E-state index in [1.54, 1.807) is 6.92 Å². The number of amides is 1. The third kappa shape index (κ3) is 3.07. The highest BCUT2D eigenvalue weighted by atomic mass is 16.3. The van der Waals surface area contributed by atoms with E-state index in [2.05, 4.69) is 17.4 Å². The lowest BCUT2D eigenvalue weighted by Gasteiger charge is -2.24. The second-order valence-electron chi connectivity index (χ2n) is 4.80. The van der Waals surface area contributed by atoms with E-state index in [1.807, 2.05) is 12.1 Å². The van der Waals surface area contributed by atoms with Crippen molar-refractivity contribution in [2.75, 3.05) is 6.54 Å². The molecule has 0 heterocycles. The molecule has 0 bridgehead atoms. The van der Waals surface area contributed by atoms with E-state index in [4.69, 9.17) is 5.11 Å². The fraction of sp³-hybridized carbons (Fsp3) is 0.500. The van der Waals surface area contributed by atoms with Crippen LogP contribution in [0.3, 0.4) is 0 Å². The number of aryl methyl sites for hydroxylation is 1. The van der Waals surface area contributed by atoms with Crippen LogP contribution in [-0.2, 0) is 17.6 Å². The molecule has 1 unspecified atom stereocenters. The summed E-state index contributed by atoms with van der Waals surface area (Å²) >= 11 is 0.